The number of anilines is 1. The molecule has 2 atom stereocenters. The van der Waals surface area contributed by atoms with Gasteiger partial charge in [0.05, 0.1) is 5.92 Å². The van der Waals surface area contributed by atoms with Crippen LogP contribution in [0, 0.1) is 0 Å². The first kappa shape index (κ1) is 16.9. The van der Waals surface area contributed by atoms with Crippen LogP contribution in [0.2, 0.25) is 0 Å². The smallest absolute Gasteiger partial charge is 0.256 e. The van der Waals surface area contributed by atoms with Gasteiger partial charge in [-0.25, -0.2) is 8.78 Å². The topological polar surface area (TPSA) is 12.0 Å². The van der Waals surface area contributed by atoms with Crippen LogP contribution in [0.25, 0.3) is 0 Å². The van der Waals surface area contributed by atoms with Crippen molar-refractivity contribution in [2.45, 2.75) is 56.9 Å². The summed E-state index contributed by atoms with van der Waals surface area (Å²) in [5.41, 5.74) is 2.81. The number of hydrogen-bond donors (Lipinski definition) is 1. The van der Waals surface area contributed by atoms with Crippen LogP contribution in [0.5, 0.6) is 0 Å². The van der Waals surface area contributed by atoms with Gasteiger partial charge in [-0.2, -0.15) is 0 Å². The lowest BCUT2D eigenvalue weighted by atomic mass is 9.84. The molecular weight excluding hydrogens is 304 g/mol. The molecule has 0 aliphatic heterocycles. The zero-order chi connectivity index (χ0) is 17.4. The van der Waals surface area contributed by atoms with Crippen LogP contribution in [0.3, 0.4) is 0 Å². The molecule has 3 rings (SSSR count). The summed E-state index contributed by atoms with van der Waals surface area (Å²) < 4.78 is 29.1. The van der Waals surface area contributed by atoms with Crippen molar-refractivity contribution in [3.8, 4) is 0 Å². The molecule has 0 amide bonds. The van der Waals surface area contributed by atoms with E-state index in [0.717, 1.165) is 11.3 Å². The molecule has 0 radical (unpaired) electrons. The monoisotopic (exact) mass is 329 g/mol. The second-order valence-electron chi connectivity index (χ2n) is 7.77. The molecule has 0 bridgehead atoms. The van der Waals surface area contributed by atoms with Gasteiger partial charge < -0.3 is 5.32 Å². The molecule has 0 spiro atoms. The molecule has 2 aromatic rings. The number of nitrogens with one attached hydrogen (secondary N) is 1. The highest BCUT2D eigenvalue weighted by Gasteiger charge is 2.50. The van der Waals surface area contributed by atoms with Crippen LogP contribution >= 0.6 is 0 Å². The summed E-state index contributed by atoms with van der Waals surface area (Å²) in [4.78, 5) is 0. The van der Waals surface area contributed by atoms with Gasteiger partial charge in [-0.3, -0.25) is 0 Å². The average Bonchev–Trinajstić information content (AvgIpc) is 2.82. The van der Waals surface area contributed by atoms with E-state index < -0.39 is 11.8 Å². The minimum atomic E-state index is -2.67. The molecule has 0 heterocycles. The van der Waals surface area contributed by atoms with Crippen molar-refractivity contribution in [3.63, 3.8) is 0 Å². The summed E-state index contributed by atoms with van der Waals surface area (Å²) in [5.74, 6) is -3.46. The Morgan fingerprint density at radius 3 is 2.17 bits per heavy atom. The summed E-state index contributed by atoms with van der Waals surface area (Å²) in [6.45, 7) is 6.39. The van der Waals surface area contributed by atoms with E-state index in [1.807, 2.05) is 54.6 Å². The van der Waals surface area contributed by atoms with E-state index in [2.05, 4.69) is 26.1 Å². The number of hydrogen-bond acceptors (Lipinski definition) is 1. The van der Waals surface area contributed by atoms with Crippen molar-refractivity contribution in [2.75, 3.05) is 5.32 Å². The molecule has 0 unspecified atom stereocenters. The summed E-state index contributed by atoms with van der Waals surface area (Å²) in [6, 6.07) is 17.1. The molecule has 0 saturated heterocycles. The van der Waals surface area contributed by atoms with E-state index in [9.17, 15) is 8.78 Å². The van der Waals surface area contributed by atoms with Gasteiger partial charge in [0, 0.05) is 18.2 Å². The lowest BCUT2D eigenvalue weighted by Gasteiger charge is -2.27. The van der Waals surface area contributed by atoms with Crippen LogP contribution in [0.4, 0.5) is 14.5 Å². The Hall–Kier alpha value is -1.90. The number of alkyl halides is 2. The van der Waals surface area contributed by atoms with Gasteiger partial charge >= 0.3 is 0 Å². The molecule has 1 N–H and O–H groups in total. The van der Waals surface area contributed by atoms with Gasteiger partial charge in [0.1, 0.15) is 0 Å². The Labute approximate surface area is 143 Å². The van der Waals surface area contributed by atoms with Gasteiger partial charge in [0.25, 0.3) is 5.92 Å². The predicted octanol–water partition coefficient (Wildman–Crippen LogP) is 5.98. The Balaban J connectivity index is 1.87. The van der Waals surface area contributed by atoms with Crippen molar-refractivity contribution in [3.05, 3.63) is 65.7 Å². The molecule has 1 aliphatic rings. The van der Waals surface area contributed by atoms with Crippen molar-refractivity contribution >= 4 is 5.69 Å². The first-order valence-corrected chi connectivity index (χ1v) is 8.57. The molecule has 3 heteroatoms. The first-order chi connectivity index (χ1) is 11.3. The van der Waals surface area contributed by atoms with Crippen LogP contribution in [-0.4, -0.2) is 12.0 Å². The third-order valence-electron chi connectivity index (χ3n) is 4.91. The number of benzene rings is 2. The Morgan fingerprint density at radius 2 is 1.58 bits per heavy atom. The molecule has 1 fully saturated rings. The van der Waals surface area contributed by atoms with E-state index in [4.69, 9.17) is 0 Å². The zero-order valence-electron chi connectivity index (χ0n) is 14.5. The molecule has 1 saturated carbocycles. The fourth-order valence-electron chi connectivity index (χ4n) is 3.54. The van der Waals surface area contributed by atoms with Crippen LogP contribution < -0.4 is 5.32 Å². The fourth-order valence-corrected chi connectivity index (χ4v) is 3.54. The van der Waals surface area contributed by atoms with E-state index in [1.165, 1.54) is 5.56 Å². The number of rotatable bonds is 3. The molecule has 1 aliphatic carbocycles. The minimum Gasteiger partial charge on any atom is -0.381 e. The van der Waals surface area contributed by atoms with Crippen molar-refractivity contribution in [2.24, 2.45) is 0 Å². The van der Waals surface area contributed by atoms with E-state index in [1.54, 1.807) is 0 Å². The average molecular weight is 329 g/mol. The van der Waals surface area contributed by atoms with Gasteiger partial charge in [0.2, 0.25) is 0 Å². The normalized spacial score (nSPS) is 23.2. The van der Waals surface area contributed by atoms with Gasteiger partial charge in [-0.1, -0.05) is 63.2 Å². The maximum Gasteiger partial charge on any atom is 0.256 e. The standard InChI is InChI=1S/C21H25F2N/c1-20(2,3)16-11-9-15(10-12-16)19-18(13-14-21(19,22)23)24-17-7-5-4-6-8-17/h4-12,18-19,24H,13-14H2,1-3H3/t18-,19+/m1/s1. The highest BCUT2D eigenvalue weighted by atomic mass is 19.3. The zero-order valence-corrected chi connectivity index (χ0v) is 14.5. The third kappa shape index (κ3) is 3.45. The maximum absolute atomic E-state index is 14.5. The van der Waals surface area contributed by atoms with E-state index in [-0.39, 0.29) is 17.9 Å². The predicted molar refractivity (Wildman–Crippen MR) is 95.9 cm³/mol. The van der Waals surface area contributed by atoms with Crippen LogP contribution in [-0.2, 0) is 5.41 Å². The lowest BCUT2D eigenvalue weighted by Crippen LogP contribution is -2.31. The van der Waals surface area contributed by atoms with Gasteiger partial charge in [-0.05, 0) is 35.1 Å². The molecule has 0 aromatic heterocycles. The number of halogens is 2. The van der Waals surface area contributed by atoms with Crippen molar-refractivity contribution in [1.29, 1.82) is 0 Å². The SMILES string of the molecule is CC(C)(C)c1ccc([C@H]2[C@H](Nc3ccccc3)CCC2(F)F)cc1. The second-order valence-corrected chi connectivity index (χ2v) is 7.77. The molecule has 24 heavy (non-hydrogen) atoms. The third-order valence-corrected chi connectivity index (χ3v) is 4.91. The number of para-hydroxylation sites is 1. The molecular formula is C21H25F2N. The van der Waals surface area contributed by atoms with Crippen molar-refractivity contribution < 1.29 is 8.78 Å². The van der Waals surface area contributed by atoms with Gasteiger partial charge in [-0.15, -0.1) is 0 Å². The minimum absolute atomic E-state index is 0.0262. The largest absolute Gasteiger partial charge is 0.381 e. The summed E-state index contributed by atoms with van der Waals surface area (Å²) in [7, 11) is 0. The Morgan fingerprint density at radius 1 is 0.958 bits per heavy atom. The van der Waals surface area contributed by atoms with Gasteiger partial charge in [0.15, 0.2) is 0 Å². The van der Waals surface area contributed by atoms with Crippen LogP contribution in [0.15, 0.2) is 54.6 Å². The second kappa shape index (κ2) is 6.19. The molecule has 2 aromatic carbocycles. The highest BCUT2D eigenvalue weighted by Crippen LogP contribution is 2.48. The summed E-state index contributed by atoms with van der Waals surface area (Å²) >= 11 is 0. The lowest BCUT2D eigenvalue weighted by molar-refractivity contribution is -0.0101. The molecule has 128 valence electrons. The first-order valence-electron chi connectivity index (χ1n) is 8.57. The van der Waals surface area contributed by atoms with Crippen molar-refractivity contribution in [1.82, 2.24) is 0 Å². The summed E-state index contributed by atoms with van der Waals surface area (Å²) in [5, 5.41) is 3.31. The highest BCUT2D eigenvalue weighted by molar-refractivity contribution is 5.45. The fraction of sp³-hybridized carbons (Fsp3) is 0.429. The van der Waals surface area contributed by atoms with Crippen LogP contribution in [0.1, 0.15) is 50.7 Å². The van der Waals surface area contributed by atoms with E-state index in [0.29, 0.717) is 6.42 Å². The summed E-state index contributed by atoms with van der Waals surface area (Å²) in [6.07, 6.45) is 0.413. The quantitative estimate of drug-likeness (QED) is 0.730. The Kier molecular flexibility index (Phi) is 4.37. The molecule has 1 nitrogen and oxygen atoms in total. The maximum atomic E-state index is 14.5. The van der Waals surface area contributed by atoms with E-state index >= 15 is 0 Å². The Bertz CT molecular complexity index is 671.